The van der Waals surface area contributed by atoms with Crippen LogP contribution in [-0.4, -0.2) is 25.3 Å². The van der Waals surface area contributed by atoms with Crippen LogP contribution in [0.25, 0.3) is 10.1 Å². The highest BCUT2D eigenvalue weighted by atomic mass is 32.2. The number of thiophene rings is 1. The van der Waals surface area contributed by atoms with Gasteiger partial charge in [-0.15, -0.1) is 11.3 Å². The molecule has 0 saturated heterocycles. The smallest absolute Gasteiger partial charge is 0.266 e. The highest BCUT2D eigenvalue weighted by Gasteiger charge is 2.08. The first-order valence-corrected chi connectivity index (χ1v) is 10.4. The van der Waals surface area contributed by atoms with Crippen LogP contribution in [0.15, 0.2) is 47.8 Å². The second-order valence-corrected chi connectivity index (χ2v) is 8.30. The molecule has 0 aliphatic carbocycles. The first-order valence-electron chi connectivity index (χ1n) is 7.92. The Morgan fingerprint density at radius 3 is 2.48 bits per heavy atom. The van der Waals surface area contributed by atoms with Gasteiger partial charge in [-0.25, -0.2) is 0 Å². The summed E-state index contributed by atoms with van der Waals surface area (Å²) in [6.07, 6.45) is 0. The summed E-state index contributed by atoms with van der Waals surface area (Å²) in [5.41, 5.74) is 4.20. The third-order valence-corrected chi connectivity index (χ3v) is 5.67. The Morgan fingerprint density at radius 1 is 1.04 bits per heavy atom. The zero-order valence-electron chi connectivity index (χ0n) is 13.8. The summed E-state index contributed by atoms with van der Waals surface area (Å²) < 4.78 is 31.8. The van der Waals surface area contributed by atoms with Crippen LogP contribution in [0.1, 0.15) is 11.1 Å². The van der Waals surface area contributed by atoms with Gasteiger partial charge in [-0.05, 0) is 41.6 Å². The van der Waals surface area contributed by atoms with Gasteiger partial charge in [0.05, 0.1) is 17.1 Å². The number of para-hydroxylation sites is 2. The lowest BCUT2D eigenvalue weighted by Crippen LogP contribution is -2.15. The van der Waals surface area contributed by atoms with Crippen molar-refractivity contribution >= 4 is 42.9 Å². The number of fused-ring (bicyclic) bond motifs is 1. The molecule has 132 valence electrons. The molecule has 1 aromatic heterocycles. The summed E-state index contributed by atoms with van der Waals surface area (Å²) in [5.74, 6) is -0.324. The second-order valence-electron chi connectivity index (χ2n) is 5.82. The Labute approximate surface area is 151 Å². The molecule has 3 N–H and O–H groups in total. The van der Waals surface area contributed by atoms with E-state index in [0.29, 0.717) is 6.54 Å². The minimum Gasteiger partial charge on any atom is -0.382 e. The third-order valence-electron chi connectivity index (χ3n) is 3.96. The third kappa shape index (κ3) is 4.50. The van der Waals surface area contributed by atoms with Gasteiger partial charge in [-0.3, -0.25) is 4.55 Å². The fraction of sp³-hybridized carbons (Fsp3) is 0.222. The van der Waals surface area contributed by atoms with Crippen molar-refractivity contribution in [1.29, 1.82) is 0 Å². The molecule has 0 fully saturated rings. The van der Waals surface area contributed by atoms with E-state index in [1.54, 1.807) is 11.3 Å². The monoisotopic (exact) mass is 376 g/mol. The van der Waals surface area contributed by atoms with Crippen LogP contribution in [0.4, 0.5) is 11.4 Å². The fourth-order valence-corrected chi connectivity index (χ4v) is 4.17. The van der Waals surface area contributed by atoms with Gasteiger partial charge in [0.15, 0.2) is 0 Å². The normalized spacial score (nSPS) is 11.6. The molecule has 7 heteroatoms. The summed E-state index contributed by atoms with van der Waals surface area (Å²) in [7, 11) is -3.97. The van der Waals surface area contributed by atoms with Crippen LogP contribution in [0, 0.1) is 6.92 Å². The Morgan fingerprint density at radius 2 is 1.76 bits per heavy atom. The maximum Gasteiger partial charge on any atom is 0.266 e. The van der Waals surface area contributed by atoms with E-state index < -0.39 is 10.1 Å². The molecule has 0 amide bonds. The van der Waals surface area contributed by atoms with Gasteiger partial charge >= 0.3 is 0 Å². The minimum absolute atomic E-state index is 0.151. The molecule has 3 aromatic rings. The molecule has 3 rings (SSSR count). The molecule has 0 bridgehead atoms. The number of benzene rings is 2. The van der Waals surface area contributed by atoms with Gasteiger partial charge in [-0.1, -0.05) is 24.3 Å². The number of anilines is 2. The molecule has 2 aromatic carbocycles. The van der Waals surface area contributed by atoms with Crippen LogP contribution in [0.3, 0.4) is 0 Å². The maximum atomic E-state index is 10.8. The Kier molecular flexibility index (Phi) is 5.27. The SMILES string of the molecule is Cc1cccc2scc(CNc3ccccc3NCCS(=O)(=O)O)c12. The fourth-order valence-electron chi connectivity index (χ4n) is 2.77. The van der Waals surface area contributed by atoms with E-state index in [9.17, 15) is 8.42 Å². The molecule has 0 aliphatic rings. The summed E-state index contributed by atoms with van der Waals surface area (Å²) in [6, 6.07) is 13.9. The lowest BCUT2D eigenvalue weighted by atomic mass is 10.1. The standard InChI is InChI=1S/C18H20N2O3S2/c1-13-5-4-8-17-18(13)14(12-24-17)11-20-16-7-3-2-6-15(16)19-9-10-25(21,22)23/h2-8,12,19-20H,9-11H2,1H3,(H,21,22,23). The average Bonchev–Trinajstić information content (AvgIpc) is 2.97. The van der Waals surface area contributed by atoms with E-state index in [4.69, 9.17) is 4.55 Å². The topological polar surface area (TPSA) is 78.4 Å². The zero-order valence-corrected chi connectivity index (χ0v) is 15.5. The number of hydrogen-bond acceptors (Lipinski definition) is 5. The van der Waals surface area contributed by atoms with Crippen molar-refractivity contribution in [3.8, 4) is 0 Å². The van der Waals surface area contributed by atoms with Crippen molar-refractivity contribution in [3.05, 3.63) is 59.0 Å². The van der Waals surface area contributed by atoms with Crippen LogP contribution >= 0.6 is 11.3 Å². The summed E-state index contributed by atoms with van der Waals surface area (Å²) in [4.78, 5) is 0. The highest BCUT2D eigenvalue weighted by Crippen LogP contribution is 2.30. The van der Waals surface area contributed by atoms with E-state index in [1.165, 1.54) is 21.2 Å². The molecule has 0 aliphatic heterocycles. The van der Waals surface area contributed by atoms with Gasteiger partial charge < -0.3 is 10.6 Å². The van der Waals surface area contributed by atoms with Crippen molar-refractivity contribution in [2.24, 2.45) is 0 Å². The molecular formula is C18H20N2O3S2. The van der Waals surface area contributed by atoms with Gasteiger partial charge in [0.25, 0.3) is 10.1 Å². The van der Waals surface area contributed by atoms with Gasteiger partial charge in [-0.2, -0.15) is 8.42 Å². The van der Waals surface area contributed by atoms with Crippen LogP contribution in [0.5, 0.6) is 0 Å². The minimum atomic E-state index is -3.97. The molecule has 5 nitrogen and oxygen atoms in total. The van der Waals surface area contributed by atoms with Gasteiger partial charge in [0.2, 0.25) is 0 Å². The molecule has 0 unspecified atom stereocenters. The Hall–Kier alpha value is -2.09. The first kappa shape index (κ1) is 17.7. The van der Waals surface area contributed by atoms with Crippen molar-refractivity contribution in [2.45, 2.75) is 13.5 Å². The number of hydrogen-bond donors (Lipinski definition) is 3. The summed E-state index contributed by atoms with van der Waals surface area (Å²) in [6.45, 7) is 2.95. The largest absolute Gasteiger partial charge is 0.382 e. The molecule has 1 heterocycles. The lowest BCUT2D eigenvalue weighted by molar-refractivity contribution is 0.484. The number of nitrogens with one attached hydrogen (secondary N) is 2. The van der Waals surface area contributed by atoms with E-state index >= 15 is 0 Å². The maximum absolute atomic E-state index is 10.8. The van der Waals surface area contributed by atoms with Crippen LogP contribution in [0.2, 0.25) is 0 Å². The van der Waals surface area contributed by atoms with E-state index in [-0.39, 0.29) is 12.3 Å². The second kappa shape index (κ2) is 7.43. The van der Waals surface area contributed by atoms with Crippen LogP contribution < -0.4 is 10.6 Å². The van der Waals surface area contributed by atoms with Crippen molar-refractivity contribution in [3.63, 3.8) is 0 Å². The average molecular weight is 377 g/mol. The molecule has 25 heavy (non-hydrogen) atoms. The molecule has 0 spiro atoms. The predicted octanol–water partition coefficient (Wildman–Crippen LogP) is 4.12. The first-order chi connectivity index (χ1) is 11.9. The molecule has 0 radical (unpaired) electrons. The predicted molar refractivity (Wildman–Crippen MR) is 105 cm³/mol. The summed E-state index contributed by atoms with van der Waals surface area (Å²) >= 11 is 1.73. The van der Waals surface area contributed by atoms with Crippen molar-refractivity contribution in [1.82, 2.24) is 0 Å². The van der Waals surface area contributed by atoms with Crippen LogP contribution in [-0.2, 0) is 16.7 Å². The lowest BCUT2D eigenvalue weighted by Gasteiger charge is -2.13. The van der Waals surface area contributed by atoms with Gasteiger partial charge in [0, 0.05) is 23.2 Å². The van der Waals surface area contributed by atoms with E-state index in [1.807, 2.05) is 24.3 Å². The Bertz CT molecular complexity index is 981. The Balaban J connectivity index is 1.73. The molecular weight excluding hydrogens is 356 g/mol. The van der Waals surface area contributed by atoms with E-state index in [0.717, 1.165) is 11.4 Å². The quantitative estimate of drug-likeness (QED) is 0.541. The van der Waals surface area contributed by atoms with Gasteiger partial charge in [0.1, 0.15) is 0 Å². The number of aryl methyl sites for hydroxylation is 1. The molecule has 0 saturated carbocycles. The van der Waals surface area contributed by atoms with E-state index in [2.05, 4.69) is 41.1 Å². The summed E-state index contributed by atoms with van der Waals surface area (Å²) in [5, 5.41) is 9.92. The zero-order chi connectivity index (χ0) is 17.9. The number of rotatable bonds is 7. The molecule has 0 atom stereocenters. The van der Waals surface area contributed by atoms with Crippen molar-refractivity contribution in [2.75, 3.05) is 22.9 Å². The van der Waals surface area contributed by atoms with Crippen molar-refractivity contribution < 1.29 is 13.0 Å². The highest BCUT2D eigenvalue weighted by molar-refractivity contribution is 7.85.